The highest BCUT2D eigenvalue weighted by Crippen LogP contribution is 2.33. The Morgan fingerprint density at radius 3 is 2.65 bits per heavy atom. The number of methoxy groups -OCH3 is 1. The smallest absolute Gasteiger partial charge is 0.227 e. The number of benzene rings is 3. The number of phenols is 1. The highest BCUT2D eigenvalue weighted by atomic mass is 35.5. The standard InChI is InChI=1S/C25H23ClN2O3/c1-4-15(2)17-7-10-22-21(12-17)28-25(31-22)16-5-8-20(9-6-16)27-14-18-11-19(26)13-23(30-3)24(18)29/h5-15,29H,4H2,1-3H3/t15-/m1/s1. The summed E-state index contributed by atoms with van der Waals surface area (Å²) in [5, 5.41) is 10.7. The van der Waals surface area contributed by atoms with Gasteiger partial charge in [0.25, 0.3) is 0 Å². The number of rotatable bonds is 6. The van der Waals surface area contributed by atoms with Crippen molar-refractivity contribution in [2.45, 2.75) is 26.2 Å². The SMILES string of the molecule is CC[C@@H](C)c1ccc2oc(-c3ccc(N=Cc4cc(Cl)cc(OC)c4O)cc3)nc2c1. The maximum Gasteiger partial charge on any atom is 0.227 e. The van der Waals surface area contributed by atoms with Gasteiger partial charge in [0.1, 0.15) is 5.52 Å². The second-order valence-electron chi connectivity index (χ2n) is 7.41. The average molecular weight is 435 g/mol. The lowest BCUT2D eigenvalue weighted by molar-refractivity contribution is 0.373. The van der Waals surface area contributed by atoms with Crippen molar-refractivity contribution in [2.75, 3.05) is 7.11 Å². The quantitative estimate of drug-likeness (QED) is 0.328. The Labute approximate surface area is 186 Å². The third-order valence-corrected chi connectivity index (χ3v) is 5.57. The Kier molecular flexibility index (Phi) is 5.96. The molecule has 0 bridgehead atoms. The van der Waals surface area contributed by atoms with Gasteiger partial charge in [-0.25, -0.2) is 4.98 Å². The van der Waals surface area contributed by atoms with Gasteiger partial charge in [0, 0.05) is 28.4 Å². The van der Waals surface area contributed by atoms with Crippen LogP contribution in [0.1, 0.15) is 37.3 Å². The van der Waals surface area contributed by atoms with Gasteiger partial charge in [-0.1, -0.05) is 31.5 Å². The van der Waals surface area contributed by atoms with Crippen LogP contribution in [-0.2, 0) is 0 Å². The molecule has 0 saturated carbocycles. The first-order chi connectivity index (χ1) is 15.0. The summed E-state index contributed by atoms with van der Waals surface area (Å²) in [6.45, 7) is 4.39. The first kappa shape index (κ1) is 20.9. The molecule has 6 heteroatoms. The molecule has 0 aliphatic carbocycles. The highest BCUT2D eigenvalue weighted by Gasteiger charge is 2.11. The normalized spacial score (nSPS) is 12.5. The molecule has 0 spiro atoms. The summed E-state index contributed by atoms with van der Waals surface area (Å²) >= 11 is 6.07. The van der Waals surface area contributed by atoms with Gasteiger partial charge in [-0.3, -0.25) is 4.99 Å². The van der Waals surface area contributed by atoms with E-state index in [1.165, 1.54) is 12.7 Å². The Balaban J connectivity index is 1.57. The van der Waals surface area contributed by atoms with Crippen molar-refractivity contribution in [1.29, 1.82) is 0 Å². The number of fused-ring (bicyclic) bond motifs is 1. The summed E-state index contributed by atoms with van der Waals surface area (Å²) in [6.07, 6.45) is 2.63. The third-order valence-electron chi connectivity index (χ3n) is 5.35. The summed E-state index contributed by atoms with van der Waals surface area (Å²) in [4.78, 5) is 9.08. The predicted molar refractivity (Wildman–Crippen MR) is 125 cm³/mol. The minimum absolute atomic E-state index is 0.00416. The van der Waals surface area contributed by atoms with E-state index in [4.69, 9.17) is 20.8 Å². The molecule has 4 rings (SSSR count). The van der Waals surface area contributed by atoms with Gasteiger partial charge in [-0.15, -0.1) is 0 Å². The van der Waals surface area contributed by atoms with Crippen LogP contribution in [0.15, 0.2) is 64.0 Å². The molecule has 1 aromatic heterocycles. The molecule has 0 saturated heterocycles. The van der Waals surface area contributed by atoms with Crippen LogP contribution in [-0.4, -0.2) is 23.4 Å². The molecule has 5 nitrogen and oxygen atoms in total. The van der Waals surface area contributed by atoms with Gasteiger partial charge in [0.05, 0.1) is 12.8 Å². The van der Waals surface area contributed by atoms with E-state index in [-0.39, 0.29) is 5.75 Å². The minimum atomic E-state index is -0.00416. The molecule has 0 aliphatic rings. The molecule has 3 aromatic carbocycles. The first-order valence-corrected chi connectivity index (χ1v) is 10.5. The topological polar surface area (TPSA) is 67.9 Å². The van der Waals surface area contributed by atoms with Crippen LogP contribution in [0.3, 0.4) is 0 Å². The van der Waals surface area contributed by atoms with E-state index in [0.717, 1.165) is 28.8 Å². The number of nitrogens with zero attached hydrogens (tertiary/aromatic N) is 2. The lowest BCUT2D eigenvalue weighted by Crippen LogP contribution is -1.90. The van der Waals surface area contributed by atoms with Crippen LogP contribution in [0.2, 0.25) is 5.02 Å². The largest absolute Gasteiger partial charge is 0.504 e. The lowest BCUT2D eigenvalue weighted by atomic mass is 9.98. The Morgan fingerprint density at radius 2 is 1.94 bits per heavy atom. The number of oxazole rings is 1. The number of aliphatic imine (C=N–C) groups is 1. The molecular weight excluding hydrogens is 412 g/mol. The number of aromatic nitrogens is 1. The van der Waals surface area contributed by atoms with Crippen molar-refractivity contribution in [2.24, 2.45) is 4.99 Å². The highest BCUT2D eigenvalue weighted by molar-refractivity contribution is 6.31. The van der Waals surface area contributed by atoms with E-state index in [1.54, 1.807) is 18.3 Å². The zero-order chi connectivity index (χ0) is 22.0. The number of phenolic OH excluding ortho intramolecular Hbond substituents is 1. The fourth-order valence-corrected chi connectivity index (χ4v) is 3.51. The molecule has 1 heterocycles. The zero-order valence-electron chi connectivity index (χ0n) is 17.6. The second-order valence-corrected chi connectivity index (χ2v) is 7.84. The van der Waals surface area contributed by atoms with Crippen LogP contribution in [0.5, 0.6) is 11.5 Å². The van der Waals surface area contributed by atoms with Crippen molar-refractivity contribution < 1.29 is 14.3 Å². The maximum absolute atomic E-state index is 10.2. The van der Waals surface area contributed by atoms with Crippen LogP contribution in [0.4, 0.5) is 5.69 Å². The molecule has 1 atom stereocenters. The molecular formula is C25H23ClN2O3. The van der Waals surface area contributed by atoms with E-state index >= 15 is 0 Å². The fourth-order valence-electron chi connectivity index (χ4n) is 3.29. The van der Waals surface area contributed by atoms with E-state index in [2.05, 4.69) is 36.0 Å². The van der Waals surface area contributed by atoms with Crippen molar-refractivity contribution in [3.63, 3.8) is 0 Å². The lowest BCUT2D eigenvalue weighted by Gasteiger charge is -2.07. The molecule has 4 aromatic rings. The molecule has 0 amide bonds. The van der Waals surface area contributed by atoms with Gasteiger partial charge in [-0.2, -0.15) is 0 Å². The number of hydrogen-bond donors (Lipinski definition) is 1. The predicted octanol–water partition coefficient (Wildman–Crippen LogP) is 7.13. The Morgan fingerprint density at radius 1 is 1.16 bits per heavy atom. The van der Waals surface area contributed by atoms with Crippen molar-refractivity contribution >= 4 is 34.6 Å². The number of hydrogen-bond acceptors (Lipinski definition) is 5. The van der Waals surface area contributed by atoms with E-state index in [0.29, 0.717) is 28.1 Å². The fraction of sp³-hybridized carbons (Fsp3) is 0.200. The van der Waals surface area contributed by atoms with Crippen LogP contribution >= 0.6 is 11.6 Å². The molecule has 31 heavy (non-hydrogen) atoms. The molecule has 1 N–H and O–H groups in total. The molecule has 0 radical (unpaired) electrons. The van der Waals surface area contributed by atoms with Crippen molar-refractivity contribution in [3.8, 4) is 23.0 Å². The second kappa shape index (κ2) is 8.82. The molecule has 0 fully saturated rings. The van der Waals surface area contributed by atoms with Crippen molar-refractivity contribution in [1.82, 2.24) is 4.98 Å². The van der Waals surface area contributed by atoms with Gasteiger partial charge in [0.2, 0.25) is 5.89 Å². The monoisotopic (exact) mass is 434 g/mol. The summed E-state index contributed by atoms with van der Waals surface area (Å²) in [7, 11) is 1.47. The average Bonchev–Trinajstić information content (AvgIpc) is 3.22. The zero-order valence-corrected chi connectivity index (χ0v) is 18.3. The Hall–Kier alpha value is -3.31. The first-order valence-electron chi connectivity index (χ1n) is 10.1. The van der Waals surface area contributed by atoms with Crippen molar-refractivity contribution in [3.05, 3.63) is 70.7 Å². The van der Waals surface area contributed by atoms with Crippen LogP contribution < -0.4 is 4.74 Å². The molecule has 0 aliphatic heterocycles. The van der Waals surface area contributed by atoms with Gasteiger partial charge in [-0.05, 0) is 60.4 Å². The summed E-state index contributed by atoms with van der Waals surface area (Å²) in [5.74, 6) is 1.36. The Bertz CT molecular complexity index is 1250. The van der Waals surface area contributed by atoms with Gasteiger partial charge in [0.15, 0.2) is 17.1 Å². The van der Waals surface area contributed by atoms with Gasteiger partial charge < -0.3 is 14.3 Å². The van der Waals surface area contributed by atoms with Crippen LogP contribution in [0, 0.1) is 0 Å². The minimum Gasteiger partial charge on any atom is -0.504 e. The summed E-state index contributed by atoms with van der Waals surface area (Å²) < 4.78 is 11.1. The molecule has 0 unspecified atom stereocenters. The maximum atomic E-state index is 10.2. The summed E-state index contributed by atoms with van der Waals surface area (Å²) in [6, 6.07) is 16.9. The third kappa shape index (κ3) is 4.42. The molecule has 158 valence electrons. The number of aromatic hydroxyl groups is 1. The summed E-state index contributed by atoms with van der Waals surface area (Å²) in [5.41, 5.74) is 4.96. The van der Waals surface area contributed by atoms with Gasteiger partial charge >= 0.3 is 0 Å². The van der Waals surface area contributed by atoms with E-state index < -0.39 is 0 Å². The van der Waals surface area contributed by atoms with E-state index in [9.17, 15) is 5.11 Å². The van der Waals surface area contributed by atoms with Crippen LogP contribution in [0.25, 0.3) is 22.6 Å². The number of ether oxygens (including phenoxy) is 1. The van der Waals surface area contributed by atoms with E-state index in [1.807, 2.05) is 30.3 Å². The number of halogens is 1.